The van der Waals surface area contributed by atoms with Gasteiger partial charge in [0.1, 0.15) is 5.75 Å². The highest BCUT2D eigenvalue weighted by molar-refractivity contribution is 5.28. The van der Waals surface area contributed by atoms with E-state index in [0.717, 1.165) is 18.9 Å². The molecule has 1 aromatic carbocycles. The fourth-order valence-corrected chi connectivity index (χ4v) is 3.28. The maximum absolute atomic E-state index is 6.04. The van der Waals surface area contributed by atoms with Crippen molar-refractivity contribution in [2.24, 2.45) is 5.73 Å². The van der Waals surface area contributed by atoms with E-state index in [2.05, 4.69) is 30.0 Å². The molecule has 0 atom stereocenters. The molecule has 0 bridgehead atoms. The second-order valence-electron chi connectivity index (χ2n) is 6.12. The second-order valence-corrected chi connectivity index (χ2v) is 6.12. The largest absolute Gasteiger partial charge is 0.494 e. The molecule has 1 aromatic rings. The highest BCUT2D eigenvalue weighted by Gasteiger charge is 2.23. The zero-order valence-corrected chi connectivity index (χ0v) is 13.6. The maximum Gasteiger partial charge on any atom is 0.119 e. The Hall–Kier alpha value is -1.06. The fourth-order valence-electron chi connectivity index (χ4n) is 3.28. The van der Waals surface area contributed by atoms with Gasteiger partial charge in [-0.25, -0.2) is 0 Å². The zero-order chi connectivity index (χ0) is 15.1. The molecule has 0 spiro atoms. The van der Waals surface area contributed by atoms with E-state index in [4.69, 9.17) is 10.5 Å². The standard InChI is InChI=1S/C18H30N2O/c1-3-12-20(17-10-8-16(19)9-11-17)14-15-6-5-7-18(13-15)21-4-2/h5-7,13,16-17H,3-4,8-12,14,19H2,1-2H3. The number of ether oxygens (including phenoxy) is 1. The Balaban J connectivity index is 2.00. The molecule has 1 aliphatic carbocycles. The molecule has 2 rings (SSSR count). The molecule has 2 N–H and O–H groups in total. The van der Waals surface area contributed by atoms with Gasteiger partial charge < -0.3 is 10.5 Å². The molecule has 1 fully saturated rings. The van der Waals surface area contributed by atoms with Crippen LogP contribution in [0.15, 0.2) is 24.3 Å². The zero-order valence-electron chi connectivity index (χ0n) is 13.6. The van der Waals surface area contributed by atoms with Crippen molar-refractivity contribution in [2.75, 3.05) is 13.2 Å². The Kier molecular flexibility index (Phi) is 6.52. The second kappa shape index (κ2) is 8.40. The maximum atomic E-state index is 6.04. The summed E-state index contributed by atoms with van der Waals surface area (Å²) in [6.07, 6.45) is 6.03. The predicted octanol–water partition coefficient (Wildman–Crippen LogP) is 3.57. The third-order valence-corrected chi connectivity index (χ3v) is 4.36. The van der Waals surface area contributed by atoms with Crippen molar-refractivity contribution in [1.29, 1.82) is 0 Å². The molecule has 21 heavy (non-hydrogen) atoms. The number of hydrogen-bond acceptors (Lipinski definition) is 3. The van der Waals surface area contributed by atoms with Crippen LogP contribution in [0.25, 0.3) is 0 Å². The Bertz CT molecular complexity index is 413. The number of nitrogens with zero attached hydrogens (tertiary/aromatic N) is 1. The van der Waals surface area contributed by atoms with Crippen LogP contribution in [0.4, 0.5) is 0 Å². The van der Waals surface area contributed by atoms with Gasteiger partial charge in [0.2, 0.25) is 0 Å². The SMILES string of the molecule is CCCN(Cc1cccc(OCC)c1)C1CCC(N)CC1. The van der Waals surface area contributed by atoms with E-state index in [1.54, 1.807) is 0 Å². The van der Waals surface area contributed by atoms with Crippen LogP contribution in [0.3, 0.4) is 0 Å². The Morgan fingerprint density at radius 1 is 1.19 bits per heavy atom. The van der Waals surface area contributed by atoms with Crippen LogP contribution in [0.5, 0.6) is 5.75 Å². The molecule has 0 unspecified atom stereocenters. The van der Waals surface area contributed by atoms with Gasteiger partial charge in [0, 0.05) is 18.6 Å². The fraction of sp³-hybridized carbons (Fsp3) is 0.667. The van der Waals surface area contributed by atoms with Crippen molar-refractivity contribution in [3.8, 4) is 5.75 Å². The average molecular weight is 290 g/mol. The summed E-state index contributed by atoms with van der Waals surface area (Å²) >= 11 is 0. The van der Waals surface area contributed by atoms with Gasteiger partial charge in [-0.3, -0.25) is 4.90 Å². The first-order chi connectivity index (χ1) is 10.2. The summed E-state index contributed by atoms with van der Waals surface area (Å²) in [5.74, 6) is 0.983. The molecule has 1 saturated carbocycles. The van der Waals surface area contributed by atoms with Gasteiger partial charge in [0.05, 0.1) is 6.61 Å². The highest BCUT2D eigenvalue weighted by Crippen LogP contribution is 2.24. The van der Waals surface area contributed by atoms with Crippen LogP contribution >= 0.6 is 0 Å². The van der Waals surface area contributed by atoms with Crippen LogP contribution in [0.1, 0.15) is 51.5 Å². The third-order valence-electron chi connectivity index (χ3n) is 4.36. The van der Waals surface area contributed by atoms with E-state index in [0.29, 0.717) is 12.1 Å². The summed E-state index contributed by atoms with van der Waals surface area (Å²) in [5.41, 5.74) is 7.39. The lowest BCUT2D eigenvalue weighted by Crippen LogP contribution is -2.40. The minimum absolute atomic E-state index is 0.422. The normalized spacial score (nSPS) is 22.5. The smallest absolute Gasteiger partial charge is 0.119 e. The third kappa shape index (κ3) is 5.01. The Morgan fingerprint density at radius 3 is 2.62 bits per heavy atom. The molecule has 0 aliphatic heterocycles. The van der Waals surface area contributed by atoms with E-state index >= 15 is 0 Å². The molecular formula is C18H30N2O. The van der Waals surface area contributed by atoms with Gasteiger partial charge in [-0.15, -0.1) is 0 Å². The Labute approximate surface area is 129 Å². The van der Waals surface area contributed by atoms with Gasteiger partial charge in [0.15, 0.2) is 0 Å². The van der Waals surface area contributed by atoms with E-state index < -0.39 is 0 Å². The summed E-state index contributed by atoms with van der Waals surface area (Å²) in [5, 5.41) is 0. The van der Waals surface area contributed by atoms with E-state index in [1.165, 1.54) is 44.2 Å². The predicted molar refractivity (Wildman–Crippen MR) is 88.5 cm³/mol. The minimum Gasteiger partial charge on any atom is -0.494 e. The van der Waals surface area contributed by atoms with Gasteiger partial charge in [-0.05, 0) is 63.3 Å². The van der Waals surface area contributed by atoms with Crippen molar-refractivity contribution in [3.63, 3.8) is 0 Å². The quantitative estimate of drug-likeness (QED) is 0.834. The van der Waals surface area contributed by atoms with E-state index in [-0.39, 0.29) is 0 Å². The van der Waals surface area contributed by atoms with Gasteiger partial charge in [0.25, 0.3) is 0 Å². The molecule has 0 heterocycles. The van der Waals surface area contributed by atoms with Crippen LogP contribution in [0.2, 0.25) is 0 Å². The van der Waals surface area contributed by atoms with Crippen molar-refractivity contribution in [1.82, 2.24) is 4.90 Å². The van der Waals surface area contributed by atoms with E-state index in [9.17, 15) is 0 Å². The van der Waals surface area contributed by atoms with Crippen molar-refractivity contribution in [2.45, 2.75) is 64.6 Å². The van der Waals surface area contributed by atoms with Crippen LogP contribution < -0.4 is 10.5 Å². The molecule has 0 aromatic heterocycles. The summed E-state index contributed by atoms with van der Waals surface area (Å²) in [4.78, 5) is 2.64. The van der Waals surface area contributed by atoms with Gasteiger partial charge >= 0.3 is 0 Å². The van der Waals surface area contributed by atoms with Crippen LogP contribution in [-0.2, 0) is 6.54 Å². The van der Waals surface area contributed by atoms with Crippen molar-refractivity contribution >= 4 is 0 Å². The molecule has 0 saturated heterocycles. The van der Waals surface area contributed by atoms with Crippen molar-refractivity contribution in [3.05, 3.63) is 29.8 Å². The molecule has 1 aliphatic rings. The minimum atomic E-state index is 0.422. The first kappa shape index (κ1) is 16.3. The first-order valence-electron chi connectivity index (χ1n) is 8.44. The number of benzene rings is 1. The van der Waals surface area contributed by atoms with Gasteiger partial charge in [-0.1, -0.05) is 19.1 Å². The molecule has 118 valence electrons. The lowest BCUT2D eigenvalue weighted by atomic mass is 9.90. The lowest BCUT2D eigenvalue weighted by molar-refractivity contribution is 0.142. The van der Waals surface area contributed by atoms with E-state index in [1.807, 2.05) is 13.0 Å². The summed E-state index contributed by atoms with van der Waals surface area (Å²) in [6, 6.07) is 9.64. The molecule has 3 heteroatoms. The Morgan fingerprint density at radius 2 is 1.95 bits per heavy atom. The van der Waals surface area contributed by atoms with Gasteiger partial charge in [-0.2, -0.15) is 0 Å². The lowest BCUT2D eigenvalue weighted by Gasteiger charge is -2.36. The number of rotatable bonds is 7. The molecule has 3 nitrogen and oxygen atoms in total. The summed E-state index contributed by atoms with van der Waals surface area (Å²) < 4.78 is 5.61. The topological polar surface area (TPSA) is 38.5 Å². The van der Waals surface area contributed by atoms with Crippen LogP contribution in [0, 0.1) is 0 Å². The summed E-state index contributed by atoms with van der Waals surface area (Å²) in [6.45, 7) is 7.20. The van der Waals surface area contributed by atoms with Crippen molar-refractivity contribution < 1.29 is 4.74 Å². The van der Waals surface area contributed by atoms with Crippen LogP contribution in [-0.4, -0.2) is 30.1 Å². The molecular weight excluding hydrogens is 260 g/mol. The average Bonchev–Trinajstić information content (AvgIpc) is 2.48. The number of nitrogens with two attached hydrogens (primary N) is 1. The molecule has 0 amide bonds. The first-order valence-corrected chi connectivity index (χ1v) is 8.44. The molecule has 0 radical (unpaired) electrons. The summed E-state index contributed by atoms with van der Waals surface area (Å²) in [7, 11) is 0. The highest BCUT2D eigenvalue weighted by atomic mass is 16.5. The number of hydrogen-bond donors (Lipinski definition) is 1. The monoisotopic (exact) mass is 290 g/mol.